The molecule has 21 heavy (non-hydrogen) atoms. The van der Waals surface area contributed by atoms with Crippen LogP contribution < -0.4 is 11.1 Å². The molecule has 1 aliphatic carbocycles. The predicted molar refractivity (Wildman–Crippen MR) is 86.9 cm³/mol. The summed E-state index contributed by atoms with van der Waals surface area (Å²) in [6.45, 7) is 0.0156. The van der Waals surface area contributed by atoms with Crippen LogP contribution in [0.4, 0.5) is 11.4 Å². The Labute approximate surface area is 134 Å². The molecule has 0 aromatic heterocycles. The Bertz CT molecular complexity index is 477. The van der Waals surface area contributed by atoms with Crippen LogP contribution in [0.2, 0.25) is 10.0 Å². The van der Waals surface area contributed by atoms with E-state index in [9.17, 15) is 4.79 Å². The SMILES string of the molecule is Nc1cc(Cl)c(NC(=O)COC2CCCCCC2)c(Cl)c1. The molecule has 1 aromatic rings. The molecule has 0 spiro atoms. The second-order valence-electron chi connectivity index (χ2n) is 5.33. The van der Waals surface area contributed by atoms with Gasteiger partial charge in [-0.05, 0) is 25.0 Å². The summed E-state index contributed by atoms with van der Waals surface area (Å²) < 4.78 is 5.68. The molecule has 4 nitrogen and oxygen atoms in total. The number of ether oxygens (including phenoxy) is 1. The molecule has 1 fully saturated rings. The van der Waals surface area contributed by atoms with Gasteiger partial charge >= 0.3 is 0 Å². The van der Waals surface area contributed by atoms with Crippen molar-refractivity contribution in [1.82, 2.24) is 0 Å². The summed E-state index contributed by atoms with van der Waals surface area (Å²) in [5.74, 6) is -0.257. The van der Waals surface area contributed by atoms with Gasteiger partial charge in [-0.2, -0.15) is 0 Å². The van der Waals surface area contributed by atoms with E-state index in [-0.39, 0.29) is 18.6 Å². The molecule has 0 bridgehead atoms. The van der Waals surface area contributed by atoms with Gasteiger partial charge in [-0.1, -0.05) is 48.9 Å². The zero-order valence-electron chi connectivity index (χ0n) is 11.8. The Morgan fingerprint density at radius 3 is 2.33 bits per heavy atom. The standard InChI is InChI=1S/C15H20Cl2N2O2/c16-12-7-10(18)8-13(17)15(12)19-14(20)9-21-11-5-3-1-2-4-6-11/h7-8,11H,1-6,9,18H2,(H,19,20). The van der Waals surface area contributed by atoms with Gasteiger partial charge in [-0.25, -0.2) is 0 Å². The van der Waals surface area contributed by atoms with Gasteiger partial charge in [0.2, 0.25) is 5.91 Å². The maximum absolute atomic E-state index is 11.9. The molecule has 0 heterocycles. The van der Waals surface area contributed by atoms with Gasteiger partial charge in [0.15, 0.2) is 0 Å². The van der Waals surface area contributed by atoms with E-state index in [1.54, 1.807) is 12.1 Å². The highest BCUT2D eigenvalue weighted by atomic mass is 35.5. The van der Waals surface area contributed by atoms with Crippen LogP contribution in [0.15, 0.2) is 12.1 Å². The van der Waals surface area contributed by atoms with Crippen molar-refractivity contribution in [3.8, 4) is 0 Å². The number of nitrogens with one attached hydrogen (secondary N) is 1. The first-order valence-corrected chi connectivity index (χ1v) is 7.98. The molecular weight excluding hydrogens is 311 g/mol. The summed E-state index contributed by atoms with van der Waals surface area (Å²) in [4.78, 5) is 11.9. The highest BCUT2D eigenvalue weighted by Crippen LogP contribution is 2.32. The minimum atomic E-state index is -0.257. The first-order chi connectivity index (χ1) is 10.1. The van der Waals surface area contributed by atoms with Crippen LogP contribution in [-0.2, 0) is 9.53 Å². The van der Waals surface area contributed by atoms with Crippen molar-refractivity contribution in [3.05, 3.63) is 22.2 Å². The lowest BCUT2D eigenvalue weighted by molar-refractivity contribution is -0.122. The lowest BCUT2D eigenvalue weighted by atomic mass is 10.1. The molecular formula is C15H20Cl2N2O2. The van der Waals surface area contributed by atoms with Crippen LogP contribution in [0.25, 0.3) is 0 Å². The van der Waals surface area contributed by atoms with Crippen molar-refractivity contribution < 1.29 is 9.53 Å². The molecule has 3 N–H and O–H groups in total. The number of benzene rings is 1. The number of nitrogens with two attached hydrogens (primary N) is 1. The van der Waals surface area contributed by atoms with Crippen LogP contribution in [0.3, 0.4) is 0 Å². The Balaban J connectivity index is 1.87. The first kappa shape index (κ1) is 16.4. The number of anilines is 2. The molecule has 1 aromatic carbocycles. The maximum atomic E-state index is 11.9. The second kappa shape index (κ2) is 7.87. The molecule has 0 saturated heterocycles. The van der Waals surface area contributed by atoms with Crippen molar-refractivity contribution in [2.24, 2.45) is 0 Å². The molecule has 0 unspecified atom stereocenters. The van der Waals surface area contributed by atoms with Crippen molar-refractivity contribution in [1.29, 1.82) is 0 Å². The monoisotopic (exact) mass is 330 g/mol. The minimum Gasteiger partial charge on any atom is -0.399 e. The molecule has 116 valence electrons. The number of hydrogen-bond donors (Lipinski definition) is 2. The lowest BCUT2D eigenvalue weighted by Crippen LogP contribution is -2.23. The van der Waals surface area contributed by atoms with E-state index in [1.165, 1.54) is 25.7 Å². The van der Waals surface area contributed by atoms with Crippen LogP contribution in [0, 0.1) is 0 Å². The highest BCUT2D eigenvalue weighted by molar-refractivity contribution is 6.40. The Morgan fingerprint density at radius 1 is 1.19 bits per heavy atom. The maximum Gasteiger partial charge on any atom is 0.250 e. The summed E-state index contributed by atoms with van der Waals surface area (Å²) >= 11 is 12.1. The van der Waals surface area contributed by atoms with Gasteiger partial charge in [-0.15, -0.1) is 0 Å². The van der Waals surface area contributed by atoms with Crippen LogP contribution in [0.1, 0.15) is 38.5 Å². The number of carbonyl (C=O) groups is 1. The quantitative estimate of drug-likeness (QED) is 0.640. The average molecular weight is 331 g/mol. The van der Waals surface area contributed by atoms with E-state index in [0.717, 1.165) is 12.8 Å². The second-order valence-corrected chi connectivity index (χ2v) is 6.15. The largest absolute Gasteiger partial charge is 0.399 e. The van der Waals surface area contributed by atoms with Gasteiger partial charge in [0, 0.05) is 5.69 Å². The van der Waals surface area contributed by atoms with Gasteiger partial charge in [-0.3, -0.25) is 4.79 Å². The highest BCUT2D eigenvalue weighted by Gasteiger charge is 2.16. The number of nitrogen functional groups attached to an aromatic ring is 1. The summed E-state index contributed by atoms with van der Waals surface area (Å²) in [6, 6.07) is 3.10. The summed E-state index contributed by atoms with van der Waals surface area (Å²) in [5.41, 5.74) is 6.46. The first-order valence-electron chi connectivity index (χ1n) is 7.22. The van der Waals surface area contributed by atoms with Gasteiger partial charge in [0.25, 0.3) is 0 Å². The van der Waals surface area contributed by atoms with E-state index < -0.39 is 0 Å². The minimum absolute atomic E-state index is 0.0156. The normalized spacial score (nSPS) is 16.5. The smallest absolute Gasteiger partial charge is 0.250 e. The molecule has 1 aliphatic rings. The van der Waals surface area contributed by atoms with E-state index in [2.05, 4.69) is 5.32 Å². The van der Waals surface area contributed by atoms with E-state index in [0.29, 0.717) is 21.4 Å². The molecule has 0 atom stereocenters. The third-order valence-electron chi connectivity index (χ3n) is 3.58. The topological polar surface area (TPSA) is 64.3 Å². The fourth-order valence-corrected chi connectivity index (χ4v) is 3.09. The number of rotatable bonds is 4. The fourth-order valence-electron chi connectivity index (χ4n) is 2.49. The summed E-state index contributed by atoms with van der Waals surface area (Å²) in [7, 11) is 0. The lowest BCUT2D eigenvalue weighted by Gasteiger charge is -2.16. The number of amides is 1. The summed E-state index contributed by atoms with van der Waals surface area (Å²) in [6.07, 6.45) is 7.07. The van der Waals surface area contributed by atoms with Crippen molar-refractivity contribution in [2.45, 2.75) is 44.6 Å². The van der Waals surface area contributed by atoms with Gasteiger partial charge in [0.1, 0.15) is 6.61 Å². The van der Waals surface area contributed by atoms with E-state index >= 15 is 0 Å². The molecule has 1 saturated carbocycles. The number of halogens is 2. The Kier molecular flexibility index (Phi) is 6.15. The third kappa shape index (κ3) is 5.06. The van der Waals surface area contributed by atoms with Crippen LogP contribution in [0.5, 0.6) is 0 Å². The molecule has 0 radical (unpaired) electrons. The molecule has 2 rings (SSSR count). The number of hydrogen-bond acceptors (Lipinski definition) is 3. The Morgan fingerprint density at radius 2 is 1.76 bits per heavy atom. The van der Waals surface area contributed by atoms with E-state index in [4.69, 9.17) is 33.7 Å². The summed E-state index contributed by atoms with van der Waals surface area (Å²) in [5, 5.41) is 3.32. The van der Waals surface area contributed by atoms with Crippen molar-refractivity contribution in [2.75, 3.05) is 17.7 Å². The fraction of sp³-hybridized carbons (Fsp3) is 0.533. The zero-order chi connectivity index (χ0) is 15.2. The van der Waals surface area contributed by atoms with E-state index in [1.807, 2.05) is 0 Å². The third-order valence-corrected chi connectivity index (χ3v) is 4.18. The van der Waals surface area contributed by atoms with Gasteiger partial charge < -0.3 is 15.8 Å². The molecule has 0 aliphatic heterocycles. The van der Waals surface area contributed by atoms with Crippen molar-refractivity contribution in [3.63, 3.8) is 0 Å². The van der Waals surface area contributed by atoms with Gasteiger partial charge in [0.05, 0.1) is 21.8 Å². The Hall–Kier alpha value is -0.970. The molecule has 1 amide bonds. The van der Waals surface area contributed by atoms with Crippen LogP contribution in [-0.4, -0.2) is 18.6 Å². The van der Waals surface area contributed by atoms with Crippen LogP contribution >= 0.6 is 23.2 Å². The zero-order valence-corrected chi connectivity index (χ0v) is 13.3. The predicted octanol–water partition coefficient (Wildman–Crippen LogP) is 4.25. The molecule has 6 heteroatoms. The number of carbonyl (C=O) groups excluding carboxylic acids is 1. The average Bonchev–Trinajstić information content (AvgIpc) is 2.69. The van der Waals surface area contributed by atoms with Crippen molar-refractivity contribution >= 4 is 40.5 Å².